The smallest absolute Gasteiger partial charge is 0.277 e. The largest absolute Gasteiger partial charge is 0.349 e. The average Bonchev–Trinajstić information content (AvgIpc) is 2.80. The number of nitrogens with one attached hydrogen (secondary N) is 1. The van der Waals surface area contributed by atoms with Gasteiger partial charge in [0.25, 0.3) is 11.8 Å². The molecule has 1 aromatic heterocycles. The van der Waals surface area contributed by atoms with E-state index in [2.05, 4.69) is 10.3 Å². The van der Waals surface area contributed by atoms with E-state index in [1.165, 1.54) is 11.0 Å². The monoisotopic (exact) mass is 295 g/mol. The van der Waals surface area contributed by atoms with Crippen LogP contribution in [0.1, 0.15) is 19.8 Å². The van der Waals surface area contributed by atoms with Crippen molar-refractivity contribution in [2.45, 2.75) is 19.8 Å². The van der Waals surface area contributed by atoms with Gasteiger partial charge in [0.1, 0.15) is 5.70 Å². The van der Waals surface area contributed by atoms with Crippen molar-refractivity contribution < 1.29 is 9.59 Å². The molecule has 0 aliphatic carbocycles. The summed E-state index contributed by atoms with van der Waals surface area (Å²) in [7, 11) is 0. The van der Waals surface area contributed by atoms with Gasteiger partial charge in [-0.05, 0) is 18.6 Å². The van der Waals surface area contributed by atoms with Crippen LogP contribution in [0.5, 0.6) is 0 Å². The van der Waals surface area contributed by atoms with Crippen LogP contribution in [0.4, 0.5) is 5.69 Å². The number of hydrogen-bond donors (Lipinski definition) is 1. The SMILES string of the molecule is CCCCN1C(=O)C=C(Nc2cccc3cccnc23)C1=O. The van der Waals surface area contributed by atoms with Crippen LogP contribution in [-0.4, -0.2) is 28.2 Å². The van der Waals surface area contributed by atoms with E-state index in [0.29, 0.717) is 12.2 Å². The zero-order valence-electron chi connectivity index (χ0n) is 12.4. The molecule has 0 bridgehead atoms. The molecule has 0 radical (unpaired) electrons. The van der Waals surface area contributed by atoms with Crippen LogP contribution < -0.4 is 5.32 Å². The van der Waals surface area contributed by atoms with Crippen molar-refractivity contribution in [3.8, 4) is 0 Å². The van der Waals surface area contributed by atoms with E-state index in [1.54, 1.807) is 6.20 Å². The van der Waals surface area contributed by atoms with Crippen molar-refractivity contribution in [3.05, 3.63) is 48.3 Å². The van der Waals surface area contributed by atoms with Gasteiger partial charge in [-0.25, -0.2) is 0 Å². The lowest BCUT2D eigenvalue weighted by Gasteiger charge is -2.15. The zero-order chi connectivity index (χ0) is 15.5. The molecule has 5 heteroatoms. The van der Waals surface area contributed by atoms with Crippen LogP contribution in [0.2, 0.25) is 0 Å². The second-order valence-corrected chi connectivity index (χ2v) is 5.21. The number of benzene rings is 1. The van der Waals surface area contributed by atoms with Crippen LogP contribution in [-0.2, 0) is 9.59 Å². The minimum absolute atomic E-state index is 0.255. The summed E-state index contributed by atoms with van der Waals surface area (Å²) in [4.78, 5) is 29.9. The second kappa shape index (κ2) is 5.97. The normalized spacial score (nSPS) is 14.6. The van der Waals surface area contributed by atoms with Crippen molar-refractivity contribution in [1.29, 1.82) is 0 Å². The molecule has 1 aliphatic heterocycles. The van der Waals surface area contributed by atoms with E-state index in [1.807, 2.05) is 37.3 Å². The summed E-state index contributed by atoms with van der Waals surface area (Å²) in [6, 6.07) is 9.52. The number of aromatic nitrogens is 1. The Hall–Kier alpha value is -2.69. The first-order chi connectivity index (χ1) is 10.7. The summed E-state index contributed by atoms with van der Waals surface area (Å²) < 4.78 is 0. The van der Waals surface area contributed by atoms with Crippen molar-refractivity contribution >= 4 is 28.4 Å². The van der Waals surface area contributed by atoms with Crippen LogP contribution in [0.3, 0.4) is 0 Å². The molecule has 1 aliphatic rings. The Morgan fingerprint density at radius 2 is 2.00 bits per heavy atom. The highest BCUT2D eigenvalue weighted by Crippen LogP contribution is 2.24. The lowest BCUT2D eigenvalue weighted by Crippen LogP contribution is -2.32. The molecule has 0 atom stereocenters. The molecular weight excluding hydrogens is 278 g/mol. The summed E-state index contributed by atoms with van der Waals surface area (Å²) in [6.07, 6.45) is 4.82. The first-order valence-corrected chi connectivity index (χ1v) is 7.39. The van der Waals surface area contributed by atoms with Gasteiger partial charge in [-0.15, -0.1) is 0 Å². The van der Waals surface area contributed by atoms with Gasteiger partial charge in [0.15, 0.2) is 0 Å². The van der Waals surface area contributed by atoms with E-state index >= 15 is 0 Å². The number of imide groups is 1. The van der Waals surface area contributed by atoms with Crippen molar-refractivity contribution in [3.63, 3.8) is 0 Å². The number of carbonyl (C=O) groups is 2. The zero-order valence-corrected chi connectivity index (χ0v) is 12.4. The number of anilines is 1. The number of rotatable bonds is 5. The summed E-state index contributed by atoms with van der Waals surface area (Å²) >= 11 is 0. The van der Waals surface area contributed by atoms with E-state index in [9.17, 15) is 9.59 Å². The summed E-state index contributed by atoms with van der Waals surface area (Å²) in [5.74, 6) is -0.527. The molecule has 1 N–H and O–H groups in total. The third kappa shape index (κ3) is 2.57. The molecule has 0 saturated carbocycles. The van der Waals surface area contributed by atoms with E-state index < -0.39 is 0 Å². The summed E-state index contributed by atoms with van der Waals surface area (Å²) in [5, 5.41) is 4.04. The molecule has 2 heterocycles. The Morgan fingerprint density at radius 3 is 2.82 bits per heavy atom. The third-order valence-electron chi connectivity index (χ3n) is 3.65. The number of unbranched alkanes of at least 4 members (excludes halogenated alkanes) is 1. The van der Waals surface area contributed by atoms with E-state index in [0.717, 1.165) is 29.4 Å². The molecule has 0 fully saturated rings. The minimum atomic E-state index is -0.272. The molecule has 112 valence electrons. The Labute approximate surface area is 128 Å². The Balaban J connectivity index is 1.85. The van der Waals surface area contributed by atoms with Gasteiger partial charge in [0.05, 0.1) is 11.2 Å². The molecule has 0 unspecified atom stereocenters. The molecule has 3 rings (SSSR count). The third-order valence-corrected chi connectivity index (χ3v) is 3.65. The number of hydrogen-bond acceptors (Lipinski definition) is 4. The number of nitrogens with zero attached hydrogens (tertiary/aromatic N) is 2. The maximum atomic E-state index is 12.3. The van der Waals surface area contributed by atoms with E-state index in [4.69, 9.17) is 0 Å². The Bertz CT molecular complexity index is 762. The lowest BCUT2D eigenvalue weighted by molar-refractivity contribution is -0.137. The lowest BCUT2D eigenvalue weighted by atomic mass is 10.2. The molecule has 22 heavy (non-hydrogen) atoms. The fraction of sp³-hybridized carbons (Fsp3) is 0.235. The van der Waals surface area contributed by atoms with Gasteiger partial charge in [0.2, 0.25) is 0 Å². The van der Waals surface area contributed by atoms with Gasteiger partial charge in [0, 0.05) is 24.2 Å². The standard InChI is InChI=1S/C17H17N3O2/c1-2-3-10-20-15(21)11-14(17(20)22)19-13-8-4-6-12-7-5-9-18-16(12)13/h4-9,11,19H,2-3,10H2,1H3. The van der Waals surface area contributed by atoms with Crippen LogP contribution in [0.15, 0.2) is 48.3 Å². The number of fused-ring (bicyclic) bond motifs is 1. The van der Waals surface area contributed by atoms with Crippen LogP contribution in [0.25, 0.3) is 10.9 Å². The molecule has 0 spiro atoms. The second-order valence-electron chi connectivity index (χ2n) is 5.21. The van der Waals surface area contributed by atoms with Crippen molar-refractivity contribution in [2.24, 2.45) is 0 Å². The van der Waals surface area contributed by atoms with Gasteiger partial charge >= 0.3 is 0 Å². The predicted octanol–water partition coefficient (Wildman–Crippen LogP) is 2.70. The van der Waals surface area contributed by atoms with Gasteiger partial charge in [-0.3, -0.25) is 19.5 Å². The van der Waals surface area contributed by atoms with Crippen molar-refractivity contribution in [1.82, 2.24) is 9.88 Å². The highest BCUT2D eigenvalue weighted by Gasteiger charge is 2.30. The van der Waals surface area contributed by atoms with Gasteiger partial charge < -0.3 is 5.32 Å². The number of para-hydroxylation sites is 1. The summed E-state index contributed by atoms with van der Waals surface area (Å²) in [6.45, 7) is 2.49. The maximum absolute atomic E-state index is 12.3. The number of carbonyl (C=O) groups excluding carboxylic acids is 2. The molecule has 5 nitrogen and oxygen atoms in total. The number of pyridine rings is 1. The highest BCUT2D eigenvalue weighted by molar-refractivity contribution is 6.17. The van der Waals surface area contributed by atoms with Gasteiger partial charge in [-0.2, -0.15) is 0 Å². The highest BCUT2D eigenvalue weighted by atomic mass is 16.2. The van der Waals surface area contributed by atoms with Gasteiger partial charge in [-0.1, -0.05) is 31.5 Å². The fourth-order valence-corrected chi connectivity index (χ4v) is 2.48. The first-order valence-electron chi connectivity index (χ1n) is 7.39. The Morgan fingerprint density at radius 1 is 1.18 bits per heavy atom. The quantitative estimate of drug-likeness (QED) is 0.861. The van der Waals surface area contributed by atoms with E-state index in [-0.39, 0.29) is 11.8 Å². The Kier molecular flexibility index (Phi) is 3.87. The number of amides is 2. The minimum Gasteiger partial charge on any atom is -0.349 e. The molecule has 0 saturated heterocycles. The summed E-state index contributed by atoms with van der Waals surface area (Å²) in [5.41, 5.74) is 1.81. The van der Waals surface area contributed by atoms with Crippen LogP contribution >= 0.6 is 0 Å². The maximum Gasteiger partial charge on any atom is 0.277 e. The molecule has 1 aromatic carbocycles. The fourth-order valence-electron chi connectivity index (χ4n) is 2.48. The first kappa shape index (κ1) is 14.3. The topological polar surface area (TPSA) is 62.3 Å². The van der Waals surface area contributed by atoms with Crippen molar-refractivity contribution in [2.75, 3.05) is 11.9 Å². The predicted molar refractivity (Wildman–Crippen MR) is 85.1 cm³/mol. The molecule has 2 amide bonds. The average molecular weight is 295 g/mol. The molecule has 2 aromatic rings. The van der Waals surface area contributed by atoms with Crippen LogP contribution in [0, 0.1) is 0 Å². The molecular formula is C17H17N3O2.